The molecule has 1 aromatic heterocycles. The predicted molar refractivity (Wildman–Crippen MR) is 60.4 cm³/mol. The van der Waals surface area contributed by atoms with Crippen LogP contribution in [0.1, 0.15) is 17.0 Å². The average molecular weight is 219 g/mol. The maximum Gasteiger partial charge on any atom is 0.123 e. The lowest BCUT2D eigenvalue weighted by Gasteiger charge is -2.05. The Morgan fingerprint density at radius 1 is 1.31 bits per heavy atom. The molecule has 0 saturated carbocycles. The zero-order valence-electron chi connectivity index (χ0n) is 9.15. The van der Waals surface area contributed by atoms with E-state index < -0.39 is 0 Å². The summed E-state index contributed by atoms with van der Waals surface area (Å²) in [5.74, 6) is -0.223. The van der Waals surface area contributed by atoms with Crippen molar-refractivity contribution in [2.24, 2.45) is 5.73 Å². The van der Waals surface area contributed by atoms with E-state index in [9.17, 15) is 4.39 Å². The summed E-state index contributed by atoms with van der Waals surface area (Å²) in [6, 6.07) is 8.38. The van der Waals surface area contributed by atoms with Crippen molar-refractivity contribution < 1.29 is 4.39 Å². The number of aromatic nitrogens is 2. The highest BCUT2D eigenvalue weighted by atomic mass is 19.1. The van der Waals surface area contributed by atoms with Gasteiger partial charge in [0.1, 0.15) is 5.82 Å². The smallest absolute Gasteiger partial charge is 0.123 e. The van der Waals surface area contributed by atoms with E-state index in [1.165, 1.54) is 12.1 Å². The molecule has 3 nitrogen and oxygen atoms in total. The molecule has 4 heteroatoms. The normalized spacial score (nSPS) is 10.7. The van der Waals surface area contributed by atoms with Crippen LogP contribution in [0.15, 0.2) is 30.3 Å². The minimum atomic E-state index is -0.223. The summed E-state index contributed by atoms with van der Waals surface area (Å²) in [5.41, 5.74) is 8.57. The third-order valence-electron chi connectivity index (χ3n) is 2.44. The van der Waals surface area contributed by atoms with E-state index in [2.05, 4.69) is 5.10 Å². The first kappa shape index (κ1) is 10.8. The predicted octanol–water partition coefficient (Wildman–Crippen LogP) is 1.84. The van der Waals surface area contributed by atoms with Crippen LogP contribution in [0.3, 0.4) is 0 Å². The highest BCUT2D eigenvalue weighted by molar-refractivity contribution is 5.18. The van der Waals surface area contributed by atoms with Crippen LogP contribution < -0.4 is 5.73 Å². The first-order chi connectivity index (χ1) is 7.69. The lowest BCUT2D eigenvalue weighted by Crippen LogP contribution is -2.09. The van der Waals surface area contributed by atoms with E-state index >= 15 is 0 Å². The molecule has 84 valence electrons. The molecule has 0 aliphatic carbocycles. The zero-order valence-corrected chi connectivity index (χ0v) is 9.15. The third-order valence-corrected chi connectivity index (χ3v) is 2.44. The largest absolute Gasteiger partial charge is 0.325 e. The molecule has 1 aromatic carbocycles. The number of benzene rings is 1. The second-order valence-corrected chi connectivity index (χ2v) is 3.77. The van der Waals surface area contributed by atoms with Crippen molar-refractivity contribution in [2.45, 2.75) is 20.0 Å². The molecule has 0 fully saturated rings. The minimum absolute atomic E-state index is 0.223. The molecule has 2 rings (SSSR count). The van der Waals surface area contributed by atoms with Gasteiger partial charge in [-0.15, -0.1) is 0 Å². The summed E-state index contributed by atoms with van der Waals surface area (Å²) in [4.78, 5) is 0. The summed E-state index contributed by atoms with van der Waals surface area (Å²) in [6.45, 7) is 3.02. The lowest BCUT2D eigenvalue weighted by atomic mass is 10.2. The van der Waals surface area contributed by atoms with Crippen LogP contribution in [0.4, 0.5) is 4.39 Å². The van der Waals surface area contributed by atoms with Gasteiger partial charge in [0.2, 0.25) is 0 Å². The second-order valence-electron chi connectivity index (χ2n) is 3.77. The van der Waals surface area contributed by atoms with Gasteiger partial charge >= 0.3 is 0 Å². The van der Waals surface area contributed by atoms with Gasteiger partial charge in [0.05, 0.1) is 17.9 Å². The molecule has 2 aromatic rings. The molecule has 0 amide bonds. The number of nitrogens with zero attached hydrogens (tertiary/aromatic N) is 2. The van der Waals surface area contributed by atoms with Crippen molar-refractivity contribution in [3.8, 4) is 0 Å². The van der Waals surface area contributed by atoms with E-state index in [1.807, 2.05) is 17.7 Å². The standard InChI is InChI=1S/C12H14FN3/c1-9-6-12(7-14)16(15-9)8-10-2-4-11(13)5-3-10/h2-6H,7-8,14H2,1H3. The molecule has 0 atom stereocenters. The van der Waals surface area contributed by atoms with Gasteiger partial charge in [-0.1, -0.05) is 12.1 Å². The number of aryl methyl sites for hydroxylation is 1. The topological polar surface area (TPSA) is 43.8 Å². The molecule has 0 aliphatic heterocycles. The van der Waals surface area contributed by atoms with Gasteiger partial charge in [-0.3, -0.25) is 4.68 Å². The summed E-state index contributed by atoms with van der Waals surface area (Å²) < 4.78 is 14.6. The van der Waals surface area contributed by atoms with Crippen molar-refractivity contribution in [3.63, 3.8) is 0 Å². The molecule has 0 bridgehead atoms. The number of nitrogens with two attached hydrogens (primary N) is 1. The molecule has 2 N–H and O–H groups in total. The second kappa shape index (κ2) is 4.45. The van der Waals surface area contributed by atoms with Crippen LogP contribution in [-0.2, 0) is 13.1 Å². The molecule has 0 unspecified atom stereocenters. The molecule has 0 radical (unpaired) electrons. The van der Waals surface area contributed by atoms with Crippen molar-refractivity contribution >= 4 is 0 Å². The average Bonchev–Trinajstić information content (AvgIpc) is 2.62. The van der Waals surface area contributed by atoms with Gasteiger partial charge in [0.15, 0.2) is 0 Å². The number of halogens is 1. The van der Waals surface area contributed by atoms with Crippen molar-refractivity contribution in [3.05, 3.63) is 53.1 Å². The van der Waals surface area contributed by atoms with Gasteiger partial charge in [-0.25, -0.2) is 4.39 Å². The van der Waals surface area contributed by atoms with Crippen molar-refractivity contribution in [1.29, 1.82) is 0 Å². The summed E-state index contributed by atoms with van der Waals surface area (Å²) >= 11 is 0. The summed E-state index contributed by atoms with van der Waals surface area (Å²) in [7, 11) is 0. The van der Waals surface area contributed by atoms with Crippen molar-refractivity contribution in [2.75, 3.05) is 0 Å². The van der Waals surface area contributed by atoms with Crippen LogP contribution in [0.25, 0.3) is 0 Å². The quantitative estimate of drug-likeness (QED) is 0.856. The van der Waals surface area contributed by atoms with Gasteiger partial charge in [-0.05, 0) is 30.7 Å². The summed E-state index contributed by atoms with van der Waals surface area (Å²) in [6.07, 6.45) is 0. The number of hydrogen-bond acceptors (Lipinski definition) is 2. The first-order valence-corrected chi connectivity index (χ1v) is 5.17. The molecular weight excluding hydrogens is 205 g/mol. The summed E-state index contributed by atoms with van der Waals surface area (Å²) in [5, 5.41) is 4.34. The van der Waals surface area contributed by atoms with E-state index in [1.54, 1.807) is 12.1 Å². The Bertz CT molecular complexity index is 474. The molecule has 0 saturated heterocycles. The molecule has 0 spiro atoms. The fourth-order valence-corrected chi connectivity index (χ4v) is 1.66. The van der Waals surface area contributed by atoms with Crippen LogP contribution in [0.5, 0.6) is 0 Å². The maximum atomic E-state index is 12.7. The maximum absolute atomic E-state index is 12.7. The highest BCUT2D eigenvalue weighted by Gasteiger charge is 2.04. The van der Waals surface area contributed by atoms with Crippen LogP contribution in [0.2, 0.25) is 0 Å². The third kappa shape index (κ3) is 2.28. The SMILES string of the molecule is Cc1cc(CN)n(Cc2ccc(F)cc2)n1. The van der Waals surface area contributed by atoms with Gasteiger partial charge in [0, 0.05) is 6.54 Å². The van der Waals surface area contributed by atoms with Crippen molar-refractivity contribution in [1.82, 2.24) is 9.78 Å². The molecule has 16 heavy (non-hydrogen) atoms. The number of hydrogen-bond donors (Lipinski definition) is 1. The van der Waals surface area contributed by atoms with E-state index in [0.29, 0.717) is 13.1 Å². The van der Waals surface area contributed by atoms with E-state index in [-0.39, 0.29) is 5.82 Å². The first-order valence-electron chi connectivity index (χ1n) is 5.17. The Hall–Kier alpha value is -1.68. The van der Waals surface area contributed by atoms with Gasteiger partial charge in [-0.2, -0.15) is 5.10 Å². The lowest BCUT2D eigenvalue weighted by molar-refractivity contribution is 0.619. The Balaban J connectivity index is 2.22. The Kier molecular flexibility index (Phi) is 3.01. The Morgan fingerprint density at radius 3 is 2.62 bits per heavy atom. The van der Waals surface area contributed by atoms with Gasteiger partial charge in [0.25, 0.3) is 0 Å². The molecular formula is C12H14FN3. The molecule has 1 heterocycles. The van der Waals surface area contributed by atoms with Gasteiger partial charge < -0.3 is 5.73 Å². The zero-order chi connectivity index (χ0) is 11.5. The monoisotopic (exact) mass is 219 g/mol. The highest BCUT2D eigenvalue weighted by Crippen LogP contribution is 2.08. The van der Waals surface area contributed by atoms with E-state index in [0.717, 1.165) is 17.0 Å². The minimum Gasteiger partial charge on any atom is -0.325 e. The Morgan fingerprint density at radius 2 is 2.00 bits per heavy atom. The Labute approximate surface area is 93.7 Å². The fraction of sp³-hybridized carbons (Fsp3) is 0.250. The van der Waals surface area contributed by atoms with Crippen LogP contribution in [0, 0.1) is 12.7 Å². The molecule has 0 aliphatic rings. The van der Waals surface area contributed by atoms with E-state index in [4.69, 9.17) is 5.73 Å². The number of rotatable bonds is 3. The fourth-order valence-electron chi connectivity index (χ4n) is 1.66. The van der Waals surface area contributed by atoms with Crippen LogP contribution in [-0.4, -0.2) is 9.78 Å². The van der Waals surface area contributed by atoms with Crippen LogP contribution >= 0.6 is 0 Å².